The summed E-state index contributed by atoms with van der Waals surface area (Å²) in [6.45, 7) is 3.66. The van der Waals surface area contributed by atoms with Gasteiger partial charge < -0.3 is 10.4 Å². The molecule has 0 aromatic heterocycles. The topological polar surface area (TPSA) is 59.9 Å². The summed E-state index contributed by atoms with van der Waals surface area (Å²) in [7, 11) is 0. The van der Waals surface area contributed by atoms with Crippen molar-refractivity contribution < 1.29 is 5.11 Å². The SMILES string of the molecule is Cc1ccc(N(NC2=NCCN2)c2cccc(O)c2)cc1.Cl. The molecule has 0 fully saturated rings. The van der Waals surface area contributed by atoms with Crippen LogP contribution in [0.2, 0.25) is 0 Å². The summed E-state index contributed by atoms with van der Waals surface area (Å²) < 4.78 is 0. The fourth-order valence-electron chi connectivity index (χ4n) is 2.18. The van der Waals surface area contributed by atoms with E-state index in [1.54, 1.807) is 12.1 Å². The fraction of sp³-hybridized carbons (Fsp3) is 0.188. The molecule has 116 valence electrons. The Morgan fingerprint density at radius 1 is 1.14 bits per heavy atom. The number of rotatable bonds is 3. The molecular formula is C16H19ClN4O. The van der Waals surface area contributed by atoms with E-state index in [0.29, 0.717) is 0 Å². The molecule has 0 radical (unpaired) electrons. The van der Waals surface area contributed by atoms with Crippen LogP contribution in [0.5, 0.6) is 5.75 Å². The van der Waals surface area contributed by atoms with Gasteiger partial charge in [-0.05, 0) is 31.2 Å². The Bertz CT molecular complexity index is 657. The maximum absolute atomic E-state index is 9.71. The van der Waals surface area contributed by atoms with E-state index in [1.165, 1.54) is 5.56 Å². The van der Waals surface area contributed by atoms with Crippen molar-refractivity contribution in [1.29, 1.82) is 0 Å². The van der Waals surface area contributed by atoms with Gasteiger partial charge in [0, 0.05) is 12.6 Å². The molecule has 3 rings (SSSR count). The Kier molecular flexibility index (Phi) is 5.12. The number of aryl methyl sites for hydroxylation is 1. The minimum atomic E-state index is 0. The quantitative estimate of drug-likeness (QED) is 0.762. The van der Waals surface area contributed by atoms with Gasteiger partial charge in [-0.3, -0.25) is 15.4 Å². The number of benzene rings is 2. The highest BCUT2D eigenvalue weighted by Crippen LogP contribution is 2.26. The lowest BCUT2D eigenvalue weighted by atomic mass is 10.2. The van der Waals surface area contributed by atoms with E-state index in [1.807, 2.05) is 29.3 Å². The van der Waals surface area contributed by atoms with Crippen LogP contribution in [0.15, 0.2) is 53.5 Å². The highest BCUT2D eigenvalue weighted by Gasteiger charge is 2.14. The number of hydrazine groups is 1. The third-order valence-electron chi connectivity index (χ3n) is 3.27. The van der Waals surface area contributed by atoms with E-state index in [2.05, 4.69) is 34.8 Å². The van der Waals surface area contributed by atoms with Crippen molar-refractivity contribution in [2.75, 3.05) is 18.1 Å². The molecule has 0 saturated heterocycles. The van der Waals surface area contributed by atoms with Crippen LogP contribution in [0.4, 0.5) is 11.4 Å². The van der Waals surface area contributed by atoms with Gasteiger partial charge >= 0.3 is 0 Å². The van der Waals surface area contributed by atoms with E-state index < -0.39 is 0 Å². The molecule has 0 spiro atoms. The average Bonchev–Trinajstić information content (AvgIpc) is 2.99. The Balaban J connectivity index is 0.00000176. The summed E-state index contributed by atoms with van der Waals surface area (Å²) in [6, 6.07) is 15.3. The van der Waals surface area contributed by atoms with Crippen molar-refractivity contribution in [3.63, 3.8) is 0 Å². The standard InChI is InChI=1S/C16H18N4O.ClH/c1-12-5-7-13(8-6-12)20(19-16-17-9-10-18-16)14-3-2-4-15(21)11-14;/h2-8,11,21H,9-10H2,1H3,(H2,17,18,19);1H. The van der Waals surface area contributed by atoms with Crippen LogP contribution in [0.3, 0.4) is 0 Å². The van der Waals surface area contributed by atoms with E-state index >= 15 is 0 Å². The Morgan fingerprint density at radius 2 is 1.91 bits per heavy atom. The molecular weight excluding hydrogens is 300 g/mol. The molecule has 3 N–H and O–H groups in total. The first-order valence-corrected chi connectivity index (χ1v) is 6.93. The minimum Gasteiger partial charge on any atom is -0.508 e. The Morgan fingerprint density at radius 3 is 2.55 bits per heavy atom. The number of phenolic OH excluding ortho intramolecular Hbond substituents is 1. The summed E-state index contributed by atoms with van der Waals surface area (Å²) in [5, 5.41) is 14.8. The molecule has 2 aromatic rings. The maximum atomic E-state index is 9.71. The largest absolute Gasteiger partial charge is 0.508 e. The summed E-state index contributed by atoms with van der Waals surface area (Å²) >= 11 is 0. The number of aliphatic imine (C=N–C) groups is 1. The number of hydrogen-bond donors (Lipinski definition) is 3. The van der Waals surface area contributed by atoms with Crippen molar-refractivity contribution in [2.45, 2.75) is 6.92 Å². The van der Waals surface area contributed by atoms with Gasteiger partial charge in [-0.2, -0.15) is 0 Å². The molecule has 1 aliphatic rings. The highest BCUT2D eigenvalue weighted by atomic mass is 35.5. The number of anilines is 2. The van der Waals surface area contributed by atoms with E-state index in [-0.39, 0.29) is 18.2 Å². The van der Waals surface area contributed by atoms with Crippen LogP contribution < -0.4 is 15.8 Å². The highest BCUT2D eigenvalue weighted by molar-refractivity contribution is 5.85. The minimum absolute atomic E-state index is 0. The number of guanidine groups is 1. The molecule has 0 bridgehead atoms. The van der Waals surface area contributed by atoms with E-state index in [0.717, 1.165) is 30.4 Å². The van der Waals surface area contributed by atoms with Crippen molar-refractivity contribution in [2.24, 2.45) is 4.99 Å². The summed E-state index contributed by atoms with van der Waals surface area (Å²) in [4.78, 5) is 4.36. The first-order chi connectivity index (χ1) is 10.2. The predicted molar refractivity (Wildman–Crippen MR) is 92.1 cm³/mol. The van der Waals surface area contributed by atoms with Gasteiger partial charge in [0.15, 0.2) is 0 Å². The second kappa shape index (κ2) is 7.04. The number of halogens is 1. The van der Waals surface area contributed by atoms with Gasteiger partial charge in [-0.1, -0.05) is 23.8 Å². The van der Waals surface area contributed by atoms with Crippen LogP contribution in [-0.2, 0) is 0 Å². The zero-order valence-electron chi connectivity index (χ0n) is 12.3. The molecule has 22 heavy (non-hydrogen) atoms. The molecule has 0 aliphatic carbocycles. The zero-order valence-corrected chi connectivity index (χ0v) is 13.1. The maximum Gasteiger partial charge on any atom is 0.210 e. The van der Waals surface area contributed by atoms with E-state index in [4.69, 9.17) is 0 Å². The smallest absolute Gasteiger partial charge is 0.210 e. The van der Waals surface area contributed by atoms with Gasteiger partial charge in [-0.25, -0.2) is 0 Å². The number of nitrogens with zero attached hydrogens (tertiary/aromatic N) is 2. The normalized spacial score (nSPS) is 12.9. The molecule has 2 aromatic carbocycles. The van der Waals surface area contributed by atoms with Crippen molar-refractivity contribution in [1.82, 2.24) is 10.7 Å². The summed E-state index contributed by atoms with van der Waals surface area (Å²) in [5.41, 5.74) is 6.27. The van der Waals surface area contributed by atoms with Gasteiger partial charge in [0.25, 0.3) is 0 Å². The van der Waals surface area contributed by atoms with Gasteiger partial charge in [-0.15, -0.1) is 12.4 Å². The second-order valence-corrected chi connectivity index (χ2v) is 4.96. The van der Waals surface area contributed by atoms with Crippen LogP contribution >= 0.6 is 12.4 Å². The second-order valence-electron chi connectivity index (χ2n) is 4.96. The molecule has 0 saturated carbocycles. The number of aromatic hydroxyl groups is 1. The molecule has 0 unspecified atom stereocenters. The van der Waals surface area contributed by atoms with Gasteiger partial charge in [0.05, 0.1) is 17.9 Å². The molecule has 0 atom stereocenters. The van der Waals surface area contributed by atoms with Crippen LogP contribution in [-0.4, -0.2) is 24.2 Å². The monoisotopic (exact) mass is 318 g/mol. The molecule has 1 aliphatic heterocycles. The Labute approximate surface area is 136 Å². The first kappa shape index (κ1) is 16.0. The molecule has 6 heteroatoms. The van der Waals surface area contributed by atoms with Gasteiger partial charge in [0.1, 0.15) is 5.75 Å². The zero-order chi connectivity index (χ0) is 14.7. The first-order valence-electron chi connectivity index (χ1n) is 6.93. The van der Waals surface area contributed by atoms with E-state index in [9.17, 15) is 5.11 Å². The predicted octanol–water partition coefficient (Wildman–Crippen LogP) is 2.72. The van der Waals surface area contributed by atoms with Crippen molar-refractivity contribution in [3.8, 4) is 5.75 Å². The van der Waals surface area contributed by atoms with Crippen LogP contribution in [0, 0.1) is 6.92 Å². The van der Waals surface area contributed by atoms with Crippen LogP contribution in [0.1, 0.15) is 5.56 Å². The molecule has 1 heterocycles. The number of phenols is 1. The summed E-state index contributed by atoms with van der Waals surface area (Å²) in [6.07, 6.45) is 0. The number of nitrogens with one attached hydrogen (secondary N) is 2. The molecule has 5 nitrogen and oxygen atoms in total. The fourth-order valence-corrected chi connectivity index (χ4v) is 2.18. The molecule has 0 amide bonds. The average molecular weight is 319 g/mol. The Hall–Kier alpha value is -2.40. The lowest BCUT2D eigenvalue weighted by molar-refractivity contribution is 0.475. The van der Waals surface area contributed by atoms with Gasteiger partial charge in [0.2, 0.25) is 5.96 Å². The number of hydrogen-bond acceptors (Lipinski definition) is 5. The third kappa shape index (κ3) is 3.62. The van der Waals surface area contributed by atoms with Crippen molar-refractivity contribution >= 4 is 29.7 Å². The lowest BCUT2D eigenvalue weighted by Gasteiger charge is -2.26. The third-order valence-corrected chi connectivity index (χ3v) is 3.27. The van der Waals surface area contributed by atoms with Crippen molar-refractivity contribution in [3.05, 3.63) is 54.1 Å². The van der Waals surface area contributed by atoms with Crippen LogP contribution in [0.25, 0.3) is 0 Å². The lowest BCUT2D eigenvalue weighted by Crippen LogP contribution is -2.44. The summed E-state index contributed by atoms with van der Waals surface area (Å²) in [5.74, 6) is 0.964.